The zero-order valence-corrected chi connectivity index (χ0v) is 10.4. The second-order valence-electron chi connectivity index (χ2n) is 3.76. The van der Waals surface area contributed by atoms with Gasteiger partial charge in [-0.05, 0) is 17.7 Å². The molecule has 0 aliphatic heterocycles. The predicted molar refractivity (Wildman–Crippen MR) is 70.6 cm³/mol. The van der Waals surface area contributed by atoms with E-state index in [1.807, 2.05) is 12.1 Å². The zero-order chi connectivity index (χ0) is 13.8. The summed E-state index contributed by atoms with van der Waals surface area (Å²) in [6.45, 7) is 0.413. The molecule has 0 atom stereocenters. The fourth-order valence-electron chi connectivity index (χ4n) is 1.47. The first kappa shape index (κ1) is 13.1. The summed E-state index contributed by atoms with van der Waals surface area (Å²) in [5.41, 5.74) is -0.179. The fraction of sp³-hybridized carbons (Fsp3) is 0.0833. The number of aromatic nitrogens is 2. The molecular weight excluding hydrogens is 270 g/mol. The first-order chi connectivity index (χ1) is 9.06. The van der Waals surface area contributed by atoms with Gasteiger partial charge in [-0.3, -0.25) is 9.78 Å². The number of nitrogens with one attached hydrogen (secondary N) is 2. The third kappa shape index (κ3) is 3.32. The Morgan fingerprint density at radius 1 is 1.47 bits per heavy atom. The van der Waals surface area contributed by atoms with Gasteiger partial charge in [0.25, 0.3) is 5.56 Å². The van der Waals surface area contributed by atoms with Gasteiger partial charge in [-0.2, -0.15) is 0 Å². The Kier molecular flexibility index (Phi) is 3.82. The van der Waals surface area contributed by atoms with E-state index in [-0.39, 0.29) is 5.95 Å². The van der Waals surface area contributed by atoms with Gasteiger partial charge < -0.3 is 10.4 Å². The van der Waals surface area contributed by atoms with Crippen molar-refractivity contribution in [3.8, 4) is 0 Å². The van der Waals surface area contributed by atoms with Gasteiger partial charge in [0.1, 0.15) is 5.56 Å². The Balaban J connectivity index is 2.10. The van der Waals surface area contributed by atoms with E-state index in [9.17, 15) is 9.59 Å². The predicted octanol–water partition coefficient (Wildman–Crippen LogP) is 1.73. The van der Waals surface area contributed by atoms with E-state index in [2.05, 4.69) is 15.3 Å². The normalized spacial score (nSPS) is 10.2. The first-order valence-electron chi connectivity index (χ1n) is 5.37. The Labute approximate surface area is 113 Å². The molecule has 0 saturated heterocycles. The maximum atomic E-state index is 11.4. The molecule has 0 aliphatic carbocycles. The molecule has 1 aromatic carbocycles. The standard InChI is InChI=1S/C12H10ClN3O3/c13-8-3-1-2-7(4-8)5-14-12-15-6-9(11(18)19)10(17)16-12/h1-4,6H,5H2,(H,18,19)(H2,14,15,16,17). The molecule has 6 nitrogen and oxygen atoms in total. The minimum absolute atomic E-state index is 0.204. The number of benzene rings is 1. The third-order valence-electron chi connectivity index (χ3n) is 2.38. The molecule has 7 heteroatoms. The maximum absolute atomic E-state index is 11.4. The van der Waals surface area contributed by atoms with E-state index >= 15 is 0 Å². The van der Waals surface area contributed by atoms with Crippen LogP contribution in [0.5, 0.6) is 0 Å². The van der Waals surface area contributed by atoms with Crippen molar-refractivity contribution in [1.29, 1.82) is 0 Å². The zero-order valence-electron chi connectivity index (χ0n) is 9.68. The van der Waals surface area contributed by atoms with Crippen LogP contribution in [0.3, 0.4) is 0 Å². The molecule has 0 bridgehead atoms. The highest BCUT2D eigenvalue weighted by Crippen LogP contribution is 2.11. The van der Waals surface area contributed by atoms with Crippen molar-refractivity contribution in [3.63, 3.8) is 0 Å². The van der Waals surface area contributed by atoms with Crippen LogP contribution in [0.4, 0.5) is 5.95 Å². The number of halogens is 1. The van der Waals surface area contributed by atoms with Crippen molar-refractivity contribution in [2.45, 2.75) is 6.54 Å². The largest absolute Gasteiger partial charge is 0.477 e. The topological polar surface area (TPSA) is 95.1 Å². The Hall–Kier alpha value is -2.34. The van der Waals surface area contributed by atoms with Crippen LogP contribution in [0.25, 0.3) is 0 Å². The molecule has 2 rings (SSSR count). The van der Waals surface area contributed by atoms with E-state index in [1.54, 1.807) is 12.1 Å². The Morgan fingerprint density at radius 3 is 2.89 bits per heavy atom. The molecule has 98 valence electrons. The number of carbonyl (C=O) groups is 1. The van der Waals surface area contributed by atoms with E-state index in [4.69, 9.17) is 16.7 Å². The van der Waals surface area contributed by atoms with Gasteiger partial charge in [0.15, 0.2) is 0 Å². The van der Waals surface area contributed by atoms with Gasteiger partial charge in [0, 0.05) is 11.6 Å². The summed E-state index contributed by atoms with van der Waals surface area (Å²) in [7, 11) is 0. The van der Waals surface area contributed by atoms with Gasteiger partial charge in [-0.1, -0.05) is 23.7 Å². The number of nitrogens with zero attached hydrogens (tertiary/aromatic N) is 1. The van der Waals surface area contributed by atoms with Crippen molar-refractivity contribution in [2.75, 3.05) is 5.32 Å². The molecule has 0 radical (unpaired) electrons. The van der Waals surface area contributed by atoms with Crippen LogP contribution in [-0.4, -0.2) is 21.0 Å². The first-order valence-corrected chi connectivity index (χ1v) is 5.75. The van der Waals surface area contributed by atoms with Crippen LogP contribution >= 0.6 is 11.6 Å². The summed E-state index contributed by atoms with van der Waals surface area (Å²) in [5.74, 6) is -1.11. The van der Waals surface area contributed by atoms with Crippen molar-refractivity contribution < 1.29 is 9.90 Å². The quantitative estimate of drug-likeness (QED) is 0.792. The van der Waals surface area contributed by atoms with Gasteiger partial charge in [-0.15, -0.1) is 0 Å². The second-order valence-corrected chi connectivity index (χ2v) is 4.20. The summed E-state index contributed by atoms with van der Waals surface area (Å²) < 4.78 is 0. The third-order valence-corrected chi connectivity index (χ3v) is 2.61. The molecule has 0 aliphatic rings. The highest BCUT2D eigenvalue weighted by atomic mass is 35.5. The minimum atomic E-state index is -1.31. The highest BCUT2D eigenvalue weighted by molar-refractivity contribution is 6.30. The average Bonchev–Trinajstić information content (AvgIpc) is 2.36. The molecule has 1 aromatic heterocycles. The number of hydrogen-bond donors (Lipinski definition) is 3. The van der Waals surface area contributed by atoms with E-state index in [0.717, 1.165) is 11.8 Å². The van der Waals surface area contributed by atoms with Crippen LogP contribution in [0.15, 0.2) is 35.3 Å². The van der Waals surface area contributed by atoms with Crippen molar-refractivity contribution in [1.82, 2.24) is 9.97 Å². The average molecular weight is 280 g/mol. The Bertz CT molecular complexity index is 669. The van der Waals surface area contributed by atoms with Crippen LogP contribution < -0.4 is 10.9 Å². The Morgan fingerprint density at radius 2 is 2.26 bits per heavy atom. The lowest BCUT2D eigenvalue weighted by Gasteiger charge is -2.05. The summed E-state index contributed by atoms with van der Waals surface area (Å²) >= 11 is 5.84. The lowest BCUT2D eigenvalue weighted by molar-refractivity contribution is 0.0694. The lowest BCUT2D eigenvalue weighted by atomic mass is 10.2. The lowest BCUT2D eigenvalue weighted by Crippen LogP contribution is -2.20. The smallest absolute Gasteiger partial charge is 0.342 e. The molecule has 0 spiro atoms. The second kappa shape index (κ2) is 5.53. The maximum Gasteiger partial charge on any atom is 0.342 e. The molecule has 0 fully saturated rings. The minimum Gasteiger partial charge on any atom is -0.477 e. The number of H-pyrrole nitrogens is 1. The van der Waals surface area contributed by atoms with Gasteiger partial charge >= 0.3 is 5.97 Å². The molecule has 0 unspecified atom stereocenters. The molecule has 0 amide bonds. The number of aromatic amines is 1. The van der Waals surface area contributed by atoms with Crippen molar-refractivity contribution in [2.24, 2.45) is 0 Å². The molecule has 1 heterocycles. The van der Waals surface area contributed by atoms with Crippen molar-refractivity contribution in [3.05, 3.63) is 57.0 Å². The van der Waals surface area contributed by atoms with E-state index < -0.39 is 17.1 Å². The number of aromatic carboxylic acids is 1. The highest BCUT2D eigenvalue weighted by Gasteiger charge is 2.09. The molecule has 2 aromatic rings. The van der Waals surface area contributed by atoms with Crippen LogP contribution in [0, 0.1) is 0 Å². The number of hydrogen-bond acceptors (Lipinski definition) is 4. The number of carboxylic acid groups (broad SMARTS) is 1. The monoisotopic (exact) mass is 279 g/mol. The van der Waals surface area contributed by atoms with Crippen LogP contribution in [0.1, 0.15) is 15.9 Å². The number of anilines is 1. The van der Waals surface area contributed by atoms with Gasteiger partial charge in [-0.25, -0.2) is 9.78 Å². The summed E-state index contributed by atoms with van der Waals surface area (Å²) in [4.78, 5) is 28.2. The number of carboxylic acids is 1. The van der Waals surface area contributed by atoms with Crippen LogP contribution in [0.2, 0.25) is 5.02 Å². The molecule has 0 saturated carbocycles. The van der Waals surface area contributed by atoms with Gasteiger partial charge in [0.2, 0.25) is 5.95 Å². The van der Waals surface area contributed by atoms with E-state index in [0.29, 0.717) is 11.6 Å². The summed E-state index contributed by atoms with van der Waals surface area (Å²) in [6.07, 6.45) is 1.02. The fourth-order valence-corrected chi connectivity index (χ4v) is 1.68. The van der Waals surface area contributed by atoms with E-state index in [1.165, 1.54) is 0 Å². The van der Waals surface area contributed by atoms with Crippen molar-refractivity contribution >= 4 is 23.5 Å². The van der Waals surface area contributed by atoms with Gasteiger partial charge in [0.05, 0.1) is 6.20 Å². The molecular formula is C12H10ClN3O3. The molecule has 3 N–H and O–H groups in total. The summed E-state index contributed by atoms with van der Waals surface area (Å²) in [6, 6.07) is 7.21. The summed E-state index contributed by atoms with van der Waals surface area (Å²) in [5, 5.41) is 12.2. The van der Waals surface area contributed by atoms with Crippen LogP contribution in [-0.2, 0) is 6.54 Å². The number of rotatable bonds is 4. The SMILES string of the molecule is O=C(O)c1cnc(NCc2cccc(Cl)c2)[nH]c1=O. The molecule has 19 heavy (non-hydrogen) atoms.